The zero-order valence-corrected chi connectivity index (χ0v) is 14.9. The molecule has 0 amide bonds. The maximum atomic E-state index is 5.70. The Kier molecular flexibility index (Phi) is 5.72. The van der Waals surface area contributed by atoms with Crippen LogP contribution in [0, 0.1) is 11.3 Å². The molecule has 3 nitrogen and oxygen atoms in total. The van der Waals surface area contributed by atoms with E-state index in [1.54, 1.807) is 0 Å². The summed E-state index contributed by atoms with van der Waals surface area (Å²) in [5.41, 5.74) is 0.650. The fourth-order valence-electron chi connectivity index (χ4n) is 3.77. The largest absolute Gasteiger partial charge is 0.378 e. The molecule has 3 heteroatoms. The van der Waals surface area contributed by atoms with Crippen LogP contribution in [0.15, 0.2) is 0 Å². The van der Waals surface area contributed by atoms with Crippen LogP contribution in [0.1, 0.15) is 60.3 Å². The molecule has 1 saturated carbocycles. The van der Waals surface area contributed by atoms with Crippen LogP contribution >= 0.6 is 0 Å². The van der Waals surface area contributed by atoms with E-state index in [1.165, 1.54) is 38.8 Å². The fraction of sp³-hybridized carbons (Fsp3) is 1.00. The Morgan fingerprint density at radius 3 is 2.48 bits per heavy atom. The lowest BCUT2D eigenvalue weighted by molar-refractivity contribution is -0.0742. The second-order valence-electron chi connectivity index (χ2n) is 8.50. The number of nitrogens with one attached hydrogen (secondary N) is 1. The Hall–Kier alpha value is -0.120. The van der Waals surface area contributed by atoms with Gasteiger partial charge in [-0.05, 0) is 38.0 Å². The highest BCUT2D eigenvalue weighted by atomic mass is 16.5. The van der Waals surface area contributed by atoms with E-state index in [-0.39, 0.29) is 5.54 Å². The normalized spacial score (nSPS) is 34.3. The molecule has 1 N–H and O–H groups in total. The third-order valence-corrected chi connectivity index (χ3v) is 5.56. The fourth-order valence-corrected chi connectivity index (χ4v) is 3.77. The van der Waals surface area contributed by atoms with Crippen LogP contribution < -0.4 is 5.32 Å². The summed E-state index contributed by atoms with van der Waals surface area (Å²) >= 11 is 0. The van der Waals surface area contributed by atoms with Gasteiger partial charge in [0.1, 0.15) is 0 Å². The molecule has 2 rings (SSSR count). The monoisotopic (exact) mass is 296 g/mol. The molecule has 124 valence electrons. The Labute approximate surface area is 131 Å². The summed E-state index contributed by atoms with van der Waals surface area (Å²) in [5.74, 6) is 0.912. The molecule has 1 aliphatic heterocycles. The molecule has 0 atom stereocenters. The van der Waals surface area contributed by atoms with Crippen molar-refractivity contribution < 1.29 is 4.74 Å². The lowest BCUT2D eigenvalue weighted by Gasteiger charge is -2.49. The minimum atomic E-state index is 0.187. The Bertz CT molecular complexity index is 319. The van der Waals surface area contributed by atoms with Crippen molar-refractivity contribution in [2.24, 2.45) is 11.3 Å². The maximum absolute atomic E-state index is 5.70. The molecule has 1 aliphatic carbocycles. The van der Waals surface area contributed by atoms with Crippen LogP contribution in [-0.4, -0.2) is 49.3 Å². The van der Waals surface area contributed by atoms with Crippen molar-refractivity contribution in [1.29, 1.82) is 0 Å². The number of ether oxygens (including phenoxy) is 1. The first-order valence-electron chi connectivity index (χ1n) is 8.89. The third-order valence-electron chi connectivity index (χ3n) is 5.56. The summed E-state index contributed by atoms with van der Waals surface area (Å²) in [6.45, 7) is 16.9. The molecule has 0 unspecified atom stereocenters. The van der Waals surface area contributed by atoms with Crippen LogP contribution in [0.2, 0.25) is 0 Å². The summed E-state index contributed by atoms with van der Waals surface area (Å²) in [7, 11) is 0. The molecule has 2 fully saturated rings. The molecule has 0 bridgehead atoms. The van der Waals surface area contributed by atoms with Crippen molar-refractivity contribution in [2.75, 3.05) is 32.8 Å². The van der Waals surface area contributed by atoms with Crippen molar-refractivity contribution in [1.82, 2.24) is 10.2 Å². The van der Waals surface area contributed by atoms with Crippen LogP contribution in [0.5, 0.6) is 0 Å². The maximum Gasteiger partial charge on any atom is 0.0645 e. The highest BCUT2D eigenvalue weighted by Gasteiger charge is 2.40. The van der Waals surface area contributed by atoms with Crippen LogP contribution in [0.3, 0.4) is 0 Å². The van der Waals surface area contributed by atoms with Gasteiger partial charge in [-0.25, -0.2) is 0 Å². The predicted octanol–water partition coefficient (Wildman–Crippen LogP) is 3.29. The van der Waals surface area contributed by atoms with Crippen LogP contribution in [-0.2, 0) is 4.74 Å². The first kappa shape index (κ1) is 17.2. The van der Waals surface area contributed by atoms with E-state index in [0.717, 1.165) is 25.7 Å². The van der Waals surface area contributed by atoms with Gasteiger partial charge < -0.3 is 10.1 Å². The zero-order chi connectivity index (χ0) is 15.5. The SMILES string of the molecule is CC1CCC(CNC(C)C)(CN2CCOCC2(C)C)CC1. The Morgan fingerprint density at radius 2 is 1.90 bits per heavy atom. The zero-order valence-electron chi connectivity index (χ0n) is 14.9. The number of morpholine rings is 1. The van der Waals surface area contributed by atoms with Gasteiger partial charge >= 0.3 is 0 Å². The van der Waals surface area contributed by atoms with Gasteiger partial charge in [0, 0.05) is 31.2 Å². The van der Waals surface area contributed by atoms with Crippen LogP contribution in [0.25, 0.3) is 0 Å². The number of hydrogen-bond acceptors (Lipinski definition) is 3. The molecule has 1 saturated heterocycles. The van der Waals surface area contributed by atoms with Gasteiger partial charge in [0.2, 0.25) is 0 Å². The van der Waals surface area contributed by atoms with Gasteiger partial charge in [0.05, 0.1) is 13.2 Å². The second-order valence-corrected chi connectivity index (χ2v) is 8.50. The van der Waals surface area contributed by atoms with E-state index in [0.29, 0.717) is 11.5 Å². The van der Waals surface area contributed by atoms with E-state index in [1.807, 2.05) is 0 Å². The quantitative estimate of drug-likeness (QED) is 0.842. The van der Waals surface area contributed by atoms with E-state index >= 15 is 0 Å². The van der Waals surface area contributed by atoms with Gasteiger partial charge in [-0.3, -0.25) is 4.90 Å². The van der Waals surface area contributed by atoms with Gasteiger partial charge in [-0.15, -0.1) is 0 Å². The Balaban J connectivity index is 2.04. The van der Waals surface area contributed by atoms with Gasteiger partial charge in [-0.2, -0.15) is 0 Å². The van der Waals surface area contributed by atoms with Crippen LogP contribution in [0.4, 0.5) is 0 Å². The van der Waals surface area contributed by atoms with Crippen molar-refractivity contribution >= 4 is 0 Å². The first-order chi connectivity index (χ1) is 9.83. The van der Waals surface area contributed by atoms with Crippen molar-refractivity contribution in [2.45, 2.75) is 71.9 Å². The standard InChI is InChI=1S/C18H36N2O/c1-15(2)19-12-18(8-6-16(3)7-9-18)13-20-10-11-21-14-17(20,4)5/h15-16,19H,6-14H2,1-5H3. The molecule has 0 aromatic rings. The number of nitrogens with zero attached hydrogens (tertiary/aromatic N) is 1. The number of rotatable bonds is 5. The Morgan fingerprint density at radius 1 is 1.24 bits per heavy atom. The van der Waals surface area contributed by atoms with E-state index in [9.17, 15) is 0 Å². The highest BCUT2D eigenvalue weighted by molar-refractivity contribution is 4.94. The molecule has 2 aliphatic rings. The molecule has 0 aromatic carbocycles. The molecule has 21 heavy (non-hydrogen) atoms. The van der Waals surface area contributed by atoms with Gasteiger partial charge in [-0.1, -0.05) is 33.6 Å². The predicted molar refractivity (Wildman–Crippen MR) is 89.7 cm³/mol. The van der Waals surface area contributed by atoms with Crippen molar-refractivity contribution in [3.05, 3.63) is 0 Å². The molecular formula is C18H36N2O. The summed E-state index contributed by atoms with van der Waals surface area (Å²) in [4.78, 5) is 2.69. The first-order valence-corrected chi connectivity index (χ1v) is 8.89. The second kappa shape index (κ2) is 6.97. The minimum absolute atomic E-state index is 0.187. The average molecular weight is 296 g/mol. The van der Waals surface area contributed by atoms with E-state index in [2.05, 4.69) is 44.8 Å². The van der Waals surface area contributed by atoms with Crippen molar-refractivity contribution in [3.63, 3.8) is 0 Å². The topological polar surface area (TPSA) is 24.5 Å². The lowest BCUT2D eigenvalue weighted by Crippen LogP contribution is -2.58. The number of hydrogen-bond donors (Lipinski definition) is 1. The molecule has 0 spiro atoms. The lowest BCUT2D eigenvalue weighted by atomic mass is 9.70. The molecule has 1 heterocycles. The summed E-state index contributed by atoms with van der Waals surface area (Å²) in [6.07, 6.45) is 5.54. The van der Waals surface area contributed by atoms with Crippen molar-refractivity contribution in [3.8, 4) is 0 Å². The third kappa shape index (κ3) is 4.67. The summed E-state index contributed by atoms with van der Waals surface area (Å²) in [5, 5.41) is 3.73. The highest BCUT2D eigenvalue weighted by Crippen LogP contribution is 2.40. The van der Waals surface area contributed by atoms with E-state index in [4.69, 9.17) is 4.74 Å². The molecular weight excluding hydrogens is 260 g/mol. The minimum Gasteiger partial charge on any atom is -0.378 e. The molecule has 0 aromatic heterocycles. The summed E-state index contributed by atoms with van der Waals surface area (Å²) in [6, 6.07) is 0.582. The summed E-state index contributed by atoms with van der Waals surface area (Å²) < 4.78 is 5.70. The van der Waals surface area contributed by atoms with Gasteiger partial charge in [0.15, 0.2) is 0 Å². The average Bonchev–Trinajstić information content (AvgIpc) is 2.42. The van der Waals surface area contributed by atoms with Gasteiger partial charge in [0.25, 0.3) is 0 Å². The molecule has 0 radical (unpaired) electrons. The van der Waals surface area contributed by atoms with E-state index < -0.39 is 0 Å². The smallest absolute Gasteiger partial charge is 0.0645 e.